The van der Waals surface area contributed by atoms with E-state index in [1.807, 2.05) is 11.3 Å². The number of fused-ring (bicyclic) bond motifs is 1. The second kappa shape index (κ2) is 6.90. The molecule has 0 fully saturated rings. The number of aryl methyl sites for hydroxylation is 1. The van der Waals surface area contributed by atoms with Gasteiger partial charge in [0.25, 0.3) is 0 Å². The Balaban J connectivity index is 2.00. The molecule has 1 nitrogen and oxygen atoms in total. The van der Waals surface area contributed by atoms with Gasteiger partial charge in [-0.15, -0.1) is 11.3 Å². The van der Waals surface area contributed by atoms with Crippen molar-refractivity contribution in [2.75, 3.05) is 6.54 Å². The van der Waals surface area contributed by atoms with Crippen molar-refractivity contribution in [3.63, 3.8) is 0 Å². The van der Waals surface area contributed by atoms with E-state index in [2.05, 4.69) is 61.7 Å². The van der Waals surface area contributed by atoms with Crippen molar-refractivity contribution in [1.29, 1.82) is 0 Å². The molecule has 2 rings (SSSR count). The molecule has 1 aliphatic carbocycles. The van der Waals surface area contributed by atoms with Crippen LogP contribution in [0.3, 0.4) is 0 Å². The van der Waals surface area contributed by atoms with Gasteiger partial charge in [-0.3, -0.25) is 0 Å². The summed E-state index contributed by atoms with van der Waals surface area (Å²) in [6.07, 6.45) is 3.94. The lowest BCUT2D eigenvalue weighted by atomic mass is 9.84. The molecular weight excluding hydrogens is 365 g/mol. The normalized spacial score (nSPS) is 19.5. The third kappa shape index (κ3) is 3.94. The van der Waals surface area contributed by atoms with Crippen molar-refractivity contribution < 1.29 is 0 Å². The van der Waals surface area contributed by atoms with E-state index in [-0.39, 0.29) is 0 Å². The minimum atomic E-state index is 0.600. The molecule has 1 aromatic rings. The molecule has 1 aliphatic rings. The van der Waals surface area contributed by atoms with Crippen LogP contribution >= 0.6 is 33.9 Å². The van der Waals surface area contributed by atoms with E-state index in [9.17, 15) is 0 Å². The van der Waals surface area contributed by atoms with Crippen molar-refractivity contribution >= 4 is 33.9 Å². The fraction of sp³-hybridized carbons (Fsp3) is 0.750. The summed E-state index contributed by atoms with van der Waals surface area (Å²) >= 11 is 4.45. The number of rotatable bonds is 5. The van der Waals surface area contributed by atoms with Gasteiger partial charge in [0.15, 0.2) is 0 Å². The zero-order valence-corrected chi connectivity index (χ0v) is 15.5. The third-order valence-corrected chi connectivity index (χ3v) is 6.37. The van der Waals surface area contributed by atoms with E-state index < -0.39 is 0 Å². The molecule has 1 atom stereocenters. The first kappa shape index (κ1) is 15.8. The molecule has 1 unspecified atom stereocenters. The summed E-state index contributed by atoms with van der Waals surface area (Å²) < 4.78 is 1.44. The minimum Gasteiger partial charge on any atom is -0.310 e. The molecule has 0 saturated carbocycles. The smallest absolute Gasteiger partial charge is 0.0659 e. The van der Waals surface area contributed by atoms with Crippen LogP contribution in [0, 0.1) is 20.6 Å². The van der Waals surface area contributed by atoms with Gasteiger partial charge in [0.05, 0.1) is 2.88 Å². The molecule has 0 saturated heterocycles. The molecule has 0 bridgehead atoms. The highest BCUT2D eigenvalue weighted by atomic mass is 127. The minimum absolute atomic E-state index is 0.600. The van der Waals surface area contributed by atoms with Crippen molar-refractivity contribution in [3.8, 4) is 0 Å². The average molecular weight is 391 g/mol. The number of hydrogen-bond acceptors (Lipinski definition) is 2. The first-order valence-corrected chi connectivity index (χ1v) is 9.40. The fourth-order valence-corrected chi connectivity index (χ4v) is 5.37. The Hall–Kier alpha value is 0.390. The molecule has 1 N–H and O–H groups in total. The zero-order chi connectivity index (χ0) is 14.0. The van der Waals surface area contributed by atoms with Crippen LogP contribution < -0.4 is 5.32 Å². The Bertz CT molecular complexity index is 403. The highest BCUT2D eigenvalue weighted by molar-refractivity contribution is 14.1. The molecule has 1 aromatic heterocycles. The maximum absolute atomic E-state index is 3.86. The van der Waals surface area contributed by atoms with Gasteiger partial charge >= 0.3 is 0 Å². The lowest BCUT2D eigenvalue weighted by Crippen LogP contribution is -2.33. The van der Waals surface area contributed by atoms with Gasteiger partial charge in [0, 0.05) is 10.9 Å². The Morgan fingerprint density at radius 2 is 2.00 bits per heavy atom. The zero-order valence-electron chi connectivity index (χ0n) is 12.5. The number of hydrogen-bond donors (Lipinski definition) is 1. The van der Waals surface area contributed by atoms with E-state index in [0.717, 1.165) is 24.3 Å². The quantitative estimate of drug-likeness (QED) is 0.677. The van der Waals surface area contributed by atoms with Crippen LogP contribution in [0.2, 0.25) is 0 Å². The molecule has 0 amide bonds. The van der Waals surface area contributed by atoms with Crippen molar-refractivity contribution in [1.82, 2.24) is 5.32 Å². The van der Waals surface area contributed by atoms with Gasteiger partial charge in [-0.2, -0.15) is 0 Å². The van der Waals surface area contributed by atoms with E-state index in [0.29, 0.717) is 6.04 Å². The van der Waals surface area contributed by atoms with Crippen molar-refractivity contribution in [2.45, 2.75) is 53.0 Å². The van der Waals surface area contributed by atoms with Crippen LogP contribution in [0.15, 0.2) is 6.07 Å². The molecule has 1 heterocycles. The Kier molecular flexibility index (Phi) is 5.73. The monoisotopic (exact) mass is 391 g/mol. The van der Waals surface area contributed by atoms with Crippen molar-refractivity contribution in [2.24, 2.45) is 17.8 Å². The molecule has 0 aromatic carbocycles. The molecule has 19 heavy (non-hydrogen) atoms. The van der Waals surface area contributed by atoms with Gasteiger partial charge in [0.1, 0.15) is 0 Å². The molecule has 0 radical (unpaired) electrons. The number of halogens is 1. The van der Waals surface area contributed by atoms with Crippen LogP contribution in [-0.4, -0.2) is 6.54 Å². The largest absolute Gasteiger partial charge is 0.310 e. The predicted octanol–water partition coefficient (Wildman–Crippen LogP) is 5.25. The van der Waals surface area contributed by atoms with E-state index >= 15 is 0 Å². The first-order valence-electron chi connectivity index (χ1n) is 7.50. The third-order valence-electron chi connectivity index (χ3n) is 4.40. The topological polar surface area (TPSA) is 12.0 Å². The highest BCUT2D eigenvalue weighted by Crippen LogP contribution is 2.36. The second-order valence-electron chi connectivity index (χ2n) is 6.43. The molecule has 0 spiro atoms. The van der Waals surface area contributed by atoms with Crippen LogP contribution in [-0.2, 0) is 6.42 Å². The molecule has 3 heteroatoms. The first-order chi connectivity index (χ1) is 8.99. The van der Waals surface area contributed by atoms with Crippen LogP contribution in [0.4, 0.5) is 0 Å². The van der Waals surface area contributed by atoms with E-state index in [4.69, 9.17) is 0 Å². The Labute approximate surface area is 135 Å². The lowest BCUT2D eigenvalue weighted by molar-refractivity contribution is 0.261. The predicted molar refractivity (Wildman–Crippen MR) is 93.9 cm³/mol. The maximum Gasteiger partial charge on any atom is 0.0659 e. The SMILES string of the molecule is CC(C)C(CNC1CCCc2sc(I)cc21)C(C)C. The number of nitrogens with one attached hydrogen (secondary N) is 1. The molecule has 108 valence electrons. The molecular formula is C16H26INS. The van der Waals surface area contributed by atoms with Gasteiger partial charge in [-0.05, 0) is 77.8 Å². The Morgan fingerprint density at radius 1 is 1.32 bits per heavy atom. The van der Waals surface area contributed by atoms with E-state index in [1.165, 1.54) is 22.1 Å². The van der Waals surface area contributed by atoms with Crippen molar-refractivity contribution in [3.05, 3.63) is 19.4 Å². The average Bonchev–Trinajstić information content (AvgIpc) is 2.69. The summed E-state index contributed by atoms with van der Waals surface area (Å²) in [7, 11) is 0. The second-order valence-corrected chi connectivity index (χ2v) is 9.46. The van der Waals surface area contributed by atoms with Gasteiger partial charge < -0.3 is 5.32 Å². The molecule has 0 aliphatic heterocycles. The summed E-state index contributed by atoms with van der Waals surface area (Å²) in [6, 6.07) is 3.00. The highest BCUT2D eigenvalue weighted by Gasteiger charge is 2.24. The number of thiophene rings is 1. The summed E-state index contributed by atoms with van der Waals surface area (Å²) in [5, 5.41) is 3.86. The van der Waals surface area contributed by atoms with Gasteiger partial charge in [-0.1, -0.05) is 27.7 Å². The lowest BCUT2D eigenvalue weighted by Gasteiger charge is -2.30. The van der Waals surface area contributed by atoms with E-state index in [1.54, 1.807) is 10.4 Å². The summed E-state index contributed by atoms with van der Waals surface area (Å²) in [5.41, 5.74) is 1.59. The van der Waals surface area contributed by atoms with Gasteiger partial charge in [0.2, 0.25) is 0 Å². The summed E-state index contributed by atoms with van der Waals surface area (Å²) in [6.45, 7) is 10.6. The van der Waals surface area contributed by atoms with Crippen LogP contribution in [0.5, 0.6) is 0 Å². The maximum atomic E-state index is 3.86. The van der Waals surface area contributed by atoms with Crippen LogP contribution in [0.1, 0.15) is 57.0 Å². The fourth-order valence-electron chi connectivity index (χ4n) is 3.25. The van der Waals surface area contributed by atoms with Gasteiger partial charge in [-0.25, -0.2) is 0 Å². The standard InChI is InChI=1S/C16H26INS/c1-10(2)13(11(3)4)9-18-14-6-5-7-15-12(14)8-16(17)19-15/h8,10-11,13-14,18H,5-7,9H2,1-4H3. The summed E-state index contributed by atoms with van der Waals surface area (Å²) in [5.74, 6) is 2.31. The Morgan fingerprint density at radius 3 is 2.63 bits per heavy atom. The van der Waals surface area contributed by atoms with Crippen LogP contribution in [0.25, 0.3) is 0 Å². The summed E-state index contributed by atoms with van der Waals surface area (Å²) in [4.78, 5) is 1.62.